The first-order valence-electron chi connectivity index (χ1n) is 8.69. The molecule has 10 heteroatoms. The molecule has 1 saturated heterocycles. The predicted octanol–water partition coefficient (Wildman–Crippen LogP) is 2.35. The van der Waals surface area contributed by atoms with Crippen molar-refractivity contribution in [2.45, 2.75) is 18.6 Å². The maximum atomic E-state index is 13.7. The molecular weight excluding hydrogens is 413 g/mol. The summed E-state index contributed by atoms with van der Waals surface area (Å²) in [6.45, 7) is 1.07. The summed E-state index contributed by atoms with van der Waals surface area (Å²) in [6.07, 6.45) is 1.33. The molecule has 0 bridgehead atoms. The first-order chi connectivity index (χ1) is 12.7. The molecule has 1 heterocycles. The Kier molecular flexibility index (Phi) is 8.36. The largest absolute Gasteiger partial charge is 0.355 e. The first kappa shape index (κ1) is 22.4. The Bertz CT molecular complexity index is 742. The third-order valence-electron chi connectivity index (χ3n) is 4.40. The lowest BCUT2D eigenvalue weighted by atomic mass is 9.99. The summed E-state index contributed by atoms with van der Waals surface area (Å²) in [6, 6.07) is 4.59. The molecule has 1 atom stereocenters. The van der Waals surface area contributed by atoms with E-state index in [1.165, 1.54) is 36.2 Å². The van der Waals surface area contributed by atoms with E-state index in [0.717, 1.165) is 4.31 Å². The van der Waals surface area contributed by atoms with Gasteiger partial charge < -0.3 is 5.32 Å². The van der Waals surface area contributed by atoms with Gasteiger partial charge >= 0.3 is 0 Å². The number of rotatable bonds is 8. The minimum atomic E-state index is -3.50. The van der Waals surface area contributed by atoms with Gasteiger partial charge in [-0.2, -0.15) is 28.8 Å². The molecule has 1 aliphatic rings. The summed E-state index contributed by atoms with van der Waals surface area (Å²) in [4.78, 5) is 12.3. The molecule has 0 unspecified atom stereocenters. The number of nitrogens with one attached hydrogen (secondary N) is 1. The summed E-state index contributed by atoms with van der Waals surface area (Å²) in [5.41, 5.74) is 0.465. The van der Waals surface area contributed by atoms with E-state index in [-0.39, 0.29) is 24.2 Å². The van der Waals surface area contributed by atoms with E-state index in [9.17, 15) is 17.6 Å². The highest BCUT2D eigenvalue weighted by Gasteiger charge is 2.33. The van der Waals surface area contributed by atoms with E-state index in [4.69, 9.17) is 11.6 Å². The Morgan fingerprint density at radius 1 is 1.44 bits per heavy atom. The monoisotopic (exact) mass is 437 g/mol. The molecule has 1 aromatic carbocycles. The molecular formula is C17H25ClFN3O3S2. The minimum Gasteiger partial charge on any atom is -0.355 e. The average molecular weight is 438 g/mol. The molecule has 152 valence electrons. The third kappa shape index (κ3) is 6.05. The number of hydrogen-bond donors (Lipinski definition) is 1. The quantitative estimate of drug-likeness (QED) is 0.634. The number of halogens is 2. The fourth-order valence-electron chi connectivity index (χ4n) is 2.83. The standard InChI is InChI=1S/C17H25ClFN3O3S2/c1-21(2)27(24,25)22-9-4-5-13(11-22)17(23)20-8-10-26-12-14-15(18)6-3-7-16(14)19/h3,6-7,13H,4-5,8-12H2,1-2H3,(H,20,23)/t13-/m1/s1. The molecule has 0 spiro atoms. The van der Waals surface area contributed by atoms with Crippen molar-refractivity contribution in [3.8, 4) is 0 Å². The summed E-state index contributed by atoms with van der Waals surface area (Å²) in [5, 5.41) is 3.25. The number of piperidine rings is 1. The molecule has 1 N–H and O–H groups in total. The Labute approximate surface area is 169 Å². The van der Waals surface area contributed by atoms with Crippen LogP contribution >= 0.6 is 23.4 Å². The van der Waals surface area contributed by atoms with Crippen molar-refractivity contribution in [2.24, 2.45) is 5.92 Å². The highest BCUT2D eigenvalue weighted by atomic mass is 35.5. The van der Waals surface area contributed by atoms with Crippen LogP contribution in [0.1, 0.15) is 18.4 Å². The van der Waals surface area contributed by atoms with Crippen molar-refractivity contribution < 1.29 is 17.6 Å². The van der Waals surface area contributed by atoms with Crippen molar-refractivity contribution in [1.29, 1.82) is 0 Å². The average Bonchev–Trinajstić information content (AvgIpc) is 2.63. The van der Waals surface area contributed by atoms with Gasteiger partial charge in [-0.1, -0.05) is 17.7 Å². The summed E-state index contributed by atoms with van der Waals surface area (Å²) >= 11 is 7.47. The van der Waals surface area contributed by atoms with Crippen LogP contribution in [0.5, 0.6) is 0 Å². The lowest BCUT2D eigenvalue weighted by Gasteiger charge is -2.32. The fourth-order valence-corrected chi connectivity index (χ4v) is 5.22. The van der Waals surface area contributed by atoms with E-state index < -0.39 is 10.2 Å². The highest BCUT2D eigenvalue weighted by Crippen LogP contribution is 2.24. The topological polar surface area (TPSA) is 69.7 Å². The SMILES string of the molecule is CN(C)S(=O)(=O)N1CCC[C@@H](C(=O)NCCSCc2c(F)cccc2Cl)C1. The number of carbonyl (C=O) groups is 1. The van der Waals surface area contributed by atoms with Crippen LogP contribution in [0.3, 0.4) is 0 Å². The predicted molar refractivity (Wildman–Crippen MR) is 107 cm³/mol. The second-order valence-electron chi connectivity index (χ2n) is 6.53. The summed E-state index contributed by atoms with van der Waals surface area (Å²) in [5.74, 6) is 0.226. The van der Waals surface area contributed by atoms with Gasteiger partial charge in [0.05, 0.1) is 5.92 Å². The number of benzene rings is 1. The second-order valence-corrected chi connectivity index (χ2v) is 10.2. The van der Waals surface area contributed by atoms with Crippen LogP contribution in [-0.4, -0.2) is 62.4 Å². The molecule has 0 aromatic heterocycles. The number of carbonyl (C=O) groups excluding carboxylic acids is 1. The first-order valence-corrected chi connectivity index (χ1v) is 11.6. The van der Waals surface area contributed by atoms with Crippen LogP contribution in [0.4, 0.5) is 4.39 Å². The molecule has 1 aliphatic heterocycles. The van der Waals surface area contributed by atoms with Gasteiger partial charge in [-0.25, -0.2) is 4.39 Å². The Balaban J connectivity index is 1.76. The van der Waals surface area contributed by atoms with Gasteiger partial charge in [-0.3, -0.25) is 4.79 Å². The summed E-state index contributed by atoms with van der Waals surface area (Å²) in [7, 11) is -0.531. The van der Waals surface area contributed by atoms with Crippen molar-refractivity contribution in [3.63, 3.8) is 0 Å². The van der Waals surface area contributed by atoms with E-state index in [0.29, 0.717) is 48.0 Å². The third-order valence-corrected chi connectivity index (χ3v) is 7.64. The lowest BCUT2D eigenvalue weighted by Crippen LogP contribution is -2.49. The van der Waals surface area contributed by atoms with Crippen LogP contribution < -0.4 is 5.32 Å². The summed E-state index contributed by atoms with van der Waals surface area (Å²) < 4.78 is 40.7. The zero-order valence-electron chi connectivity index (χ0n) is 15.5. The maximum absolute atomic E-state index is 13.7. The minimum absolute atomic E-state index is 0.141. The van der Waals surface area contributed by atoms with E-state index >= 15 is 0 Å². The molecule has 27 heavy (non-hydrogen) atoms. The second kappa shape index (κ2) is 10.1. The highest BCUT2D eigenvalue weighted by molar-refractivity contribution is 7.98. The van der Waals surface area contributed by atoms with Gasteiger partial charge in [0, 0.05) is 55.8 Å². The Hall–Kier alpha value is -0.870. The number of amides is 1. The molecule has 2 rings (SSSR count). The molecule has 0 aliphatic carbocycles. The van der Waals surface area contributed by atoms with Crippen LogP contribution in [0, 0.1) is 11.7 Å². The van der Waals surface area contributed by atoms with Crippen molar-refractivity contribution >= 4 is 39.5 Å². The van der Waals surface area contributed by atoms with Crippen LogP contribution in [0.25, 0.3) is 0 Å². The van der Waals surface area contributed by atoms with Crippen molar-refractivity contribution in [1.82, 2.24) is 13.9 Å². The molecule has 1 aromatic rings. The zero-order chi connectivity index (χ0) is 20.0. The molecule has 1 fully saturated rings. The zero-order valence-corrected chi connectivity index (χ0v) is 17.8. The van der Waals surface area contributed by atoms with Gasteiger partial charge in [-0.05, 0) is 25.0 Å². The van der Waals surface area contributed by atoms with Gasteiger partial charge in [0.1, 0.15) is 5.82 Å². The Morgan fingerprint density at radius 3 is 2.85 bits per heavy atom. The van der Waals surface area contributed by atoms with Crippen LogP contribution in [-0.2, 0) is 20.8 Å². The molecule has 0 radical (unpaired) electrons. The molecule has 0 saturated carbocycles. The lowest BCUT2D eigenvalue weighted by molar-refractivity contribution is -0.125. The normalized spacial score (nSPS) is 18.6. The van der Waals surface area contributed by atoms with E-state index in [1.54, 1.807) is 12.1 Å². The maximum Gasteiger partial charge on any atom is 0.281 e. The van der Waals surface area contributed by atoms with Crippen molar-refractivity contribution in [3.05, 3.63) is 34.6 Å². The molecule has 1 amide bonds. The fraction of sp³-hybridized carbons (Fsp3) is 0.588. The van der Waals surface area contributed by atoms with E-state index in [1.807, 2.05) is 0 Å². The van der Waals surface area contributed by atoms with Crippen LogP contribution in [0.15, 0.2) is 18.2 Å². The van der Waals surface area contributed by atoms with Gasteiger partial charge in [0.25, 0.3) is 10.2 Å². The van der Waals surface area contributed by atoms with Gasteiger partial charge in [0.15, 0.2) is 0 Å². The number of hydrogen-bond acceptors (Lipinski definition) is 4. The number of thioether (sulfide) groups is 1. The van der Waals surface area contributed by atoms with Crippen molar-refractivity contribution in [2.75, 3.05) is 39.5 Å². The van der Waals surface area contributed by atoms with Gasteiger partial charge in [-0.15, -0.1) is 0 Å². The van der Waals surface area contributed by atoms with Crippen LogP contribution in [0.2, 0.25) is 5.02 Å². The van der Waals surface area contributed by atoms with Gasteiger partial charge in [0.2, 0.25) is 5.91 Å². The molecule has 6 nitrogen and oxygen atoms in total. The van der Waals surface area contributed by atoms with E-state index in [2.05, 4.69) is 5.32 Å². The Morgan fingerprint density at radius 2 is 2.19 bits per heavy atom. The number of nitrogens with zero attached hydrogens (tertiary/aromatic N) is 2. The smallest absolute Gasteiger partial charge is 0.281 e.